The van der Waals surface area contributed by atoms with E-state index < -0.39 is 6.10 Å². The number of aliphatic hydroxyl groups is 1. The lowest BCUT2D eigenvalue weighted by molar-refractivity contribution is 0.214. The maximum absolute atomic E-state index is 10.5. The molecule has 1 unspecified atom stereocenters. The van der Waals surface area contributed by atoms with Crippen molar-refractivity contribution >= 4 is 11.3 Å². The van der Waals surface area contributed by atoms with E-state index in [-0.39, 0.29) is 0 Å². The molecule has 150 valence electrons. The van der Waals surface area contributed by atoms with Gasteiger partial charge in [0.2, 0.25) is 5.75 Å². The van der Waals surface area contributed by atoms with Crippen LogP contribution in [-0.4, -0.2) is 46.7 Å². The summed E-state index contributed by atoms with van der Waals surface area (Å²) >= 11 is 0. The van der Waals surface area contributed by atoms with E-state index >= 15 is 0 Å². The number of aliphatic hydroxyl groups excluding tert-OH is 1. The van der Waals surface area contributed by atoms with E-state index in [2.05, 4.69) is 5.32 Å². The lowest BCUT2D eigenvalue weighted by atomic mass is 9.92. The van der Waals surface area contributed by atoms with Crippen LogP contribution in [0.1, 0.15) is 23.1 Å². The maximum atomic E-state index is 10.5. The van der Waals surface area contributed by atoms with Gasteiger partial charge < -0.3 is 29.4 Å². The third kappa shape index (κ3) is 3.47. The van der Waals surface area contributed by atoms with Gasteiger partial charge in [0.15, 0.2) is 11.5 Å². The van der Waals surface area contributed by atoms with Crippen LogP contribution in [0.3, 0.4) is 0 Å². The van der Waals surface area contributed by atoms with Gasteiger partial charge in [-0.25, -0.2) is 0 Å². The SMILES string of the molecule is CNc1cc(C2=CC(O)CCc3c2cc(OC)c(OC)c3OC)ccc1OC. The lowest BCUT2D eigenvalue weighted by Gasteiger charge is -2.20. The van der Waals surface area contributed by atoms with Crippen molar-refractivity contribution < 1.29 is 24.1 Å². The molecule has 0 heterocycles. The monoisotopic (exact) mass is 385 g/mol. The standard InChI is InChI=1S/C22H27NO5/c1-23-18-10-13(6-9-19(18)25-2)16-11-14(24)7-8-15-17(16)12-20(26-3)22(28-5)21(15)27-4/h6,9-12,14,23-24H,7-8H2,1-5H3. The van der Waals surface area contributed by atoms with Crippen molar-refractivity contribution in [2.75, 3.05) is 40.8 Å². The Balaban J connectivity index is 2.26. The molecule has 0 aliphatic heterocycles. The number of nitrogens with one attached hydrogen (secondary N) is 1. The van der Waals surface area contributed by atoms with E-state index in [0.717, 1.165) is 33.7 Å². The van der Waals surface area contributed by atoms with Gasteiger partial charge in [-0.15, -0.1) is 0 Å². The van der Waals surface area contributed by atoms with Crippen LogP contribution in [-0.2, 0) is 6.42 Å². The van der Waals surface area contributed by atoms with E-state index in [1.807, 2.05) is 37.4 Å². The zero-order chi connectivity index (χ0) is 20.3. The zero-order valence-corrected chi connectivity index (χ0v) is 17.0. The molecule has 0 spiro atoms. The molecule has 0 saturated carbocycles. The van der Waals surface area contributed by atoms with Crippen molar-refractivity contribution in [1.82, 2.24) is 0 Å². The average molecular weight is 385 g/mol. The fourth-order valence-corrected chi connectivity index (χ4v) is 3.68. The van der Waals surface area contributed by atoms with Gasteiger partial charge in [-0.05, 0) is 53.8 Å². The Morgan fingerprint density at radius 3 is 2.25 bits per heavy atom. The summed E-state index contributed by atoms with van der Waals surface area (Å²) in [6, 6.07) is 7.85. The van der Waals surface area contributed by atoms with Gasteiger partial charge in [0.25, 0.3) is 0 Å². The molecule has 0 radical (unpaired) electrons. The fraction of sp³-hybridized carbons (Fsp3) is 0.364. The smallest absolute Gasteiger partial charge is 0.203 e. The van der Waals surface area contributed by atoms with Crippen LogP contribution in [0.15, 0.2) is 30.3 Å². The highest BCUT2D eigenvalue weighted by atomic mass is 16.5. The van der Waals surface area contributed by atoms with Crippen molar-refractivity contribution in [3.63, 3.8) is 0 Å². The molecule has 0 saturated heterocycles. The molecular formula is C22H27NO5. The quantitative estimate of drug-likeness (QED) is 0.793. The summed E-state index contributed by atoms with van der Waals surface area (Å²) < 4.78 is 22.2. The molecule has 3 rings (SSSR count). The molecule has 28 heavy (non-hydrogen) atoms. The summed E-state index contributed by atoms with van der Waals surface area (Å²) in [5.74, 6) is 2.54. The van der Waals surface area contributed by atoms with Gasteiger partial charge in [-0.3, -0.25) is 0 Å². The van der Waals surface area contributed by atoms with Gasteiger partial charge >= 0.3 is 0 Å². The second kappa shape index (κ2) is 8.44. The first-order valence-corrected chi connectivity index (χ1v) is 9.16. The molecule has 0 bridgehead atoms. The highest BCUT2D eigenvalue weighted by molar-refractivity contribution is 5.87. The number of fused-ring (bicyclic) bond motifs is 1. The normalized spacial score (nSPS) is 15.8. The molecule has 1 atom stereocenters. The molecule has 2 aromatic carbocycles. The molecule has 1 aliphatic carbocycles. The van der Waals surface area contributed by atoms with Crippen molar-refractivity contribution in [2.45, 2.75) is 18.9 Å². The number of methoxy groups -OCH3 is 4. The van der Waals surface area contributed by atoms with Gasteiger partial charge in [-0.2, -0.15) is 0 Å². The summed E-state index contributed by atoms with van der Waals surface area (Å²) in [6.07, 6.45) is 2.58. The summed E-state index contributed by atoms with van der Waals surface area (Å²) in [5.41, 5.74) is 4.69. The van der Waals surface area contributed by atoms with E-state index in [9.17, 15) is 5.11 Å². The largest absolute Gasteiger partial charge is 0.495 e. The molecular weight excluding hydrogens is 358 g/mol. The summed E-state index contributed by atoms with van der Waals surface area (Å²) in [7, 11) is 8.31. The van der Waals surface area contributed by atoms with Gasteiger partial charge in [0.05, 0.1) is 40.2 Å². The Morgan fingerprint density at radius 1 is 0.929 bits per heavy atom. The number of ether oxygens (including phenoxy) is 4. The van der Waals surface area contributed by atoms with Crippen molar-refractivity contribution in [2.24, 2.45) is 0 Å². The Kier molecular flexibility index (Phi) is 5.99. The highest BCUT2D eigenvalue weighted by Gasteiger charge is 2.26. The van der Waals surface area contributed by atoms with Gasteiger partial charge in [0.1, 0.15) is 5.75 Å². The van der Waals surface area contributed by atoms with Crippen LogP contribution in [0.2, 0.25) is 0 Å². The molecule has 0 amide bonds. The molecule has 0 fully saturated rings. The summed E-state index contributed by atoms with van der Waals surface area (Å²) in [4.78, 5) is 0. The fourth-order valence-electron chi connectivity index (χ4n) is 3.68. The van der Waals surface area contributed by atoms with Crippen LogP contribution < -0.4 is 24.3 Å². The first-order valence-electron chi connectivity index (χ1n) is 9.16. The Hall–Kier alpha value is -2.86. The van der Waals surface area contributed by atoms with Crippen molar-refractivity contribution in [1.29, 1.82) is 0 Å². The molecule has 6 nitrogen and oxygen atoms in total. The van der Waals surface area contributed by atoms with Crippen molar-refractivity contribution in [3.8, 4) is 23.0 Å². The molecule has 2 N–H and O–H groups in total. The van der Waals surface area contributed by atoms with Crippen LogP contribution in [0.25, 0.3) is 5.57 Å². The van der Waals surface area contributed by atoms with E-state index in [0.29, 0.717) is 30.1 Å². The summed E-state index contributed by atoms with van der Waals surface area (Å²) in [6.45, 7) is 0. The first kappa shape index (κ1) is 19.9. The van der Waals surface area contributed by atoms with Gasteiger partial charge in [0, 0.05) is 12.6 Å². The minimum absolute atomic E-state index is 0.560. The number of hydrogen-bond donors (Lipinski definition) is 2. The van der Waals surface area contributed by atoms with Crippen LogP contribution >= 0.6 is 0 Å². The highest BCUT2D eigenvalue weighted by Crippen LogP contribution is 2.47. The Bertz CT molecular complexity index is 891. The zero-order valence-electron chi connectivity index (χ0n) is 17.0. The molecule has 1 aliphatic rings. The van der Waals surface area contributed by atoms with Crippen molar-refractivity contribution in [3.05, 3.63) is 47.0 Å². The second-order valence-corrected chi connectivity index (χ2v) is 6.52. The Morgan fingerprint density at radius 2 is 1.64 bits per heavy atom. The van der Waals surface area contributed by atoms with E-state index in [1.165, 1.54) is 0 Å². The minimum Gasteiger partial charge on any atom is -0.495 e. The Labute approximate surface area is 165 Å². The number of rotatable bonds is 6. The van der Waals surface area contributed by atoms with Gasteiger partial charge in [-0.1, -0.05) is 6.07 Å². The third-order valence-electron chi connectivity index (χ3n) is 5.05. The molecule has 0 aromatic heterocycles. The first-order chi connectivity index (χ1) is 13.6. The van der Waals surface area contributed by atoms with E-state index in [4.69, 9.17) is 18.9 Å². The van der Waals surface area contributed by atoms with Crippen LogP contribution in [0, 0.1) is 0 Å². The third-order valence-corrected chi connectivity index (χ3v) is 5.05. The molecule has 2 aromatic rings. The molecule has 6 heteroatoms. The summed E-state index contributed by atoms with van der Waals surface area (Å²) in [5, 5.41) is 13.7. The second-order valence-electron chi connectivity index (χ2n) is 6.52. The maximum Gasteiger partial charge on any atom is 0.203 e. The van der Waals surface area contributed by atoms with E-state index in [1.54, 1.807) is 28.4 Å². The number of hydrogen-bond acceptors (Lipinski definition) is 6. The predicted octanol–water partition coefficient (Wildman–Crippen LogP) is 3.50. The predicted molar refractivity (Wildman–Crippen MR) is 110 cm³/mol. The average Bonchev–Trinajstić information content (AvgIpc) is 2.90. The number of anilines is 1. The topological polar surface area (TPSA) is 69.2 Å². The lowest BCUT2D eigenvalue weighted by Crippen LogP contribution is -2.04. The van der Waals surface area contributed by atoms with Crippen LogP contribution in [0.4, 0.5) is 5.69 Å². The minimum atomic E-state index is -0.566. The van der Waals surface area contributed by atoms with Crippen LogP contribution in [0.5, 0.6) is 23.0 Å². The number of benzene rings is 2.